The molecule has 0 fully saturated rings. The van der Waals surface area contributed by atoms with E-state index in [4.69, 9.17) is 5.73 Å². The smallest absolute Gasteiger partial charge is 0.397 e. The molecule has 0 aromatic carbocycles. The van der Waals surface area contributed by atoms with Crippen molar-refractivity contribution in [3.8, 4) is 0 Å². The molecule has 0 aliphatic heterocycles. The van der Waals surface area contributed by atoms with Gasteiger partial charge in [-0.2, -0.15) is 13.2 Å². The lowest BCUT2D eigenvalue weighted by Gasteiger charge is -2.07. The van der Waals surface area contributed by atoms with E-state index in [1.54, 1.807) is 0 Å². The first-order chi connectivity index (χ1) is 9.36. The highest BCUT2D eigenvalue weighted by molar-refractivity contribution is 6.03. The third-order valence-corrected chi connectivity index (χ3v) is 2.34. The van der Waals surface area contributed by atoms with Gasteiger partial charge in [0.25, 0.3) is 5.91 Å². The van der Waals surface area contributed by atoms with Crippen LogP contribution in [0.5, 0.6) is 0 Å². The number of pyridine rings is 2. The molecule has 2 aromatic rings. The lowest BCUT2D eigenvalue weighted by atomic mass is 10.2. The number of hydrogen-bond donors (Lipinski definition) is 2. The number of carbonyl (C=O) groups is 1. The van der Waals surface area contributed by atoms with Crippen LogP contribution in [-0.4, -0.2) is 15.9 Å². The Morgan fingerprint density at radius 2 is 1.85 bits per heavy atom. The molecule has 0 unspecified atom stereocenters. The number of halogens is 3. The topological polar surface area (TPSA) is 80.9 Å². The lowest BCUT2D eigenvalue weighted by Crippen LogP contribution is -2.15. The SMILES string of the molecule is Nc1ccc(NC(=O)c2ccc(C(F)(F)F)nc2)nc1. The van der Waals surface area contributed by atoms with E-state index in [1.165, 1.54) is 18.3 Å². The molecule has 104 valence electrons. The Morgan fingerprint density at radius 1 is 1.10 bits per heavy atom. The molecule has 8 heteroatoms. The number of alkyl halides is 3. The highest BCUT2D eigenvalue weighted by Gasteiger charge is 2.32. The third-order valence-electron chi connectivity index (χ3n) is 2.34. The van der Waals surface area contributed by atoms with Gasteiger partial charge in [0.15, 0.2) is 0 Å². The maximum Gasteiger partial charge on any atom is 0.433 e. The van der Waals surface area contributed by atoms with Crippen molar-refractivity contribution in [2.45, 2.75) is 6.18 Å². The van der Waals surface area contributed by atoms with Gasteiger partial charge < -0.3 is 11.1 Å². The minimum absolute atomic E-state index is 0.00312. The number of hydrogen-bond acceptors (Lipinski definition) is 4. The van der Waals surface area contributed by atoms with Crippen LogP contribution in [0.15, 0.2) is 36.7 Å². The Hall–Kier alpha value is -2.64. The molecule has 0 atom stereocenters. The summed E-state index contributed by atoms with van der Waals surface area (Å²) in [7, 11) is 0. The number of nitrogen functional groups attached to an aromatic ring is 1. The van der Waals surface area contributed by atoms with Crippen LogP contribution in [0.25, 0.3) is 0 Å². The fraction of sp³-hybridized carbons (Fsp3) is 0.0833. The summed E-state index contributed by atoms with van der Waals surface area (Å²) in [5.74, 6) is -0.368. The number of anilines is 2. The Balaban J connectivity index is 2.11. The standard InChI is InChI=1S/C12H9F3N4O/c13-12(14,15)9-3-1-7(5-17-9)11(20)19-10-4-2-8(16)6-18-10/h1-6H,16H2,(H,18,19,20). The first-order valence-corrected chi connectivity index (χ1v) is 5.42. The van der Waals surface area contributed by atoms with Crippen LogP contribution in [-0.2, 0) is 6.18 Å². The van der Waals surface area contributed by atoms with Crippen LogP contribution in [0.4, 0.5) is 24.7 Å². The van der Waals surface area contributed by atoms with Crippen molar-refractivity contribution in [2.24, 2.45) is 0 Å². The number of nitrogens with two attached hydrogens (primary N) is 1. The van der Waals surface area contributed by atoms with Crippen LogP contribution in [0.2, 0.25) is 0 Å². The molecule has 20 heavy (non-hydrogen) atoms. The van der Waals surface area contributed by atoms with Gasteiger partial charge in [0.05, 0.1) is 17.4 Å². The van der Waals surface area contributed by atoms with E-state index >= 15 is 0 Å². The van der Waals surface area contributed by atoms with E-state index in [1.807, 2.05) is 0 Å². The molecule has 5 nitrogen and oxygen atoms in total. The fourth-order valence-corrected chi connectivity index (χ4v) is 1.36. The van der Waals surface area contributed by atoms with Crippen molar-refractivity contribution in [1.29, 1.82) is 0 Å². The molecule has 1 amide bonds. The first-order valence-electron chi connectivity index (χ1n) is 5.42. The number of aromatic nitrogens is 2. The first kappa shape index (κ1) is 13.8. The molecule has 0 spiro atoms. The zero-order valence-electron chi connectivity index (χ0n) is 9.98. The molecule has 2 aromatic heterocycles. The molecular weight excluding hydrogens is 273 g/mol. The second-order valence-corrected chi connectivity index (χ2v) is 3.86. The summed E-state index contributed by atoms with van der Waals surface area (Å²) in [6.07, 6.45) is -2.33. The average molecular weight is 282 g/mol. The second-order valence-electron chi connectivity index (χ2n) is 3.86. The molecule has 2 heterocycles. The predicted molar refractivity (Wildman–Crippen MR) is 65.8 cm³/mol. The van der Waals surface area contributed by atoms with E-state index in [9.17, 15) is 18.0 Å². The molecule has 0 bridgehead atoms. The quantitative estimate of drug-likeness (QED) is 0.885. The molecule has 2 rings (SSSR count). The van der Waals surface area contributed by atoms with Crippen molar-refractivity contribution >= 4 is 17.4 Å². The van der Waals surface area contributed by atoms with E-state index in [-0.39, 0.29) is 11.4 Å². The van der Waals surface area contributed by atoms with Crippen LogP contribution in [0.1, 0.15) is 16.1 Å². The van der Waals surface area contributed by atoms with Crippen molar-refractivity contribution < 1.29 is 18.0 Å². The normalized spacial score (nSPS) is 11.2. The predicted octanol–water partition coefficient (Wildman–Crippen LogP) is 2.33. The minimum atomic E-state index is -4.53. The van der Waals surface area contributed by atoms with E-state index in [0.717, 1.165) is 18.3 Å². The van der Waals surface area contributed by atoms with Gasteiger partial charge in [-0.3, -0.25) is 9.78 Å². The Bertz CT molecular complexity index is 608. The van der Waals surface area contributed by atoms with Gasteiger partial charge >= 0.3 is 6.18 Å². The zero-order chi connectivity index (χ0) is 14.8. The van der Waals surface area contributed by atoms with Crippen molar-refractivity contribution in [3.05, 3.63) is 47.9 Å². The highest BCUT2D eigenvalue weighted by atomic mass is 19.4. The van der Waals surface area contributed by atoms with Crippen LogP contribution in [0.3, 0.4) is 0 Å². The fourth-order valence-electron chi connectivity index (χ4n) is 1.36. The molecular formula is C12H9F3N4O. The average Bonchev–Trinajstić information content (AvgIpc) is 2.40. The number of rotatable bonds is 2. The number of nitrogens with one attached hydrogen (secondary N) is 1. The van der Waals surface area contributed by atoms with Crippen molar-refractivity contribution in [2.75, 3.05) is 11.1 Å². The van der Waals surface area contributed by atoms with Gasteiger partial charge in [-0.1, -0.05) is 0 Å². The lowest BCUT2D eigenvalue weighted by molar-refractivity contribution is -0.141. The summed E-state index contributed by atoms with van der Waals surface area (Å²) in [5, 5.41) is 2.42. The minimum Gasteiger partial charge on any atom is -0.397 e. The maximum absolute atomic E-state index is 12.3. The van der Waals surface area contributed by atoms with E-state index in [2.05, 4.69) is 15.3 Å². The summed E-state index contributed by atoms with van der Waals surface area (Å²) < 4.78 is 37.0. The second kappa shape index (κ2) is 5.16. The van der Waals surface area contributed by atoms with Crippen LogP contribution < -0.4 is 11.1 Å². The van der Waals surface area contributed by atoms with E-state index < -0.39 is 17.8 Å². The molecule has 0 saturated heterocycles. The number of amides is 1. The van der Waals surface area contributed by atoms with Gasteiger partial charge in [0.2, 0.25) is 0 Å². The molecule has 0 aliphatic rings. The summed E-state index contributed by atoms with van der Waals surface area (Å²) in [6, 6.07) is 4.80. The summed E-state index contributed by atoms with van der Waals surface area (Å²) in [5.41, 5.74) is 4.81. The molecule has 0 saturated carbocycles. The summed E-state index contributed by atoms with van der Waals surface area (Å²) in [4.78, 5) is 18.8. The van der Waals surface area contributed by atoms with Gasteiger partial charge in [-0.15, -0.1) is 0 Å². The van der Waals surface area contributed by atoms with Gasteiger partial charge in [0.1, 0.15) is 11.5 Å². The molecule has 0 radical (unpaired) electrons. The molecule has 0 aliphatic carbocycles. The van der Waals surface area contributed by atoms with Crippen LogP contribution in [0, 0.1) is 0 Å². The summed E-state index contributed by atoms with van der Waals surface area (Å²) in [6.45, 7) is 0. The monoisotopic (exact) mass is 282 g/mol. The maximum atomic E-state index is 12.3. The van der Waals surface area contributed by atoms with Gasteiger partial charge in [-0.25, -0.2) is 4.98 Å². The van der Waals surface area contributed by atoms with Gasteiger partial charge in [-0.05, 0) is 24.3 Å². The van der Waals surface area contributed by atoms with Gasteiger partial charge in [0, 0.05) is 6.20 Å². The third kappa shape index (κ3) is 3.22. The number of carbonyl (C=O) groups excluding carboxylic acids is 1. The van der Waals surface area contributed by atoms with E-state index in [0.29, 0.717) is 5.69 Å². The molecule has 3 N–H and O–H groups in total. The highest BCUT2D eigenvalue weighted by Crippen LogP contribution is 2.27. The number of nitrogens with zero attached hydrogens (tertiary/aromatic N) is 2. The zero-order valence-corrected chi connectivity index (χ0v) is 9.98. The Kier molecular flexibility index (Phi) is 3.55. The van der Waals surface area contributed by atoms with Crippen molar-refractivity contribution in [1.82, 2.24) is 9.97 Å². The van der Waals surface area contributed by atoms with Crippen LogP contribution >= 0.6 is 0 Å². The Morgan fingerprint density at radius 3 is 2.35 bits per heavy atom. The summed E-state index contributed by atoms with van der Waals surface area (Å²) >= 11 is 0. The Labute approximate surface area is 111 Å². The van der Waals surface area contributed by atoms with Crippen molar-refractivity contribution in [3.63, 3.8) is 0 Å². The largest absolute Gasteiger partial charge is 0.433 e.